The van der Waals surface area contributed by atoms with Crippen molar-refractivity contribution >= 4 is 5.91 Å². The number of alkyl halides is 3. The first-order valence-electron chi connectivity index (χ1n) is 3.84. The number of halogens is 3. The molecular formula is C8H7F3N2O2. The summed E-state index contributed by atoms with van der Waals surface area (Å²) >= 11 is 0. The molecule has 1 heterocycles. The van der Waals surface area contributed by atoms with Crippen molar-refractivity contribution in [3.05, 3.63) is 33.2 Å². The maximum Gasteiger partial charge on any atom is 0.417 e. The number of nitrogens with one attached hydrogen (secondary N) is 1. The second-order valence-electron chi connectivity index (χ2n) is 2.91. The second-order valence-corrected chi connectivity index (χ2v) is 2.91. The lowest BCUT2D eigenvalue weighted by Crippen LogP contribution is -2.24. The fourth-order valence-corrected chi connectivity index (χ4v) is 1.23. The smallest absolute Gasteiger partial charge is 0.366 e. The molecule has 1 rings (SSSR count). The number of H-pyrrole nitrogens is 1. The Morgan fingerprint density at radius 3 is 2.40 bits per heavy atom. The Kier molecular flexibility index (Phi) is 2.57. The van der Waals surface area contributed by atoms with Crippen LogP contribution in [0, 0.1) is 6.92 Å². The minimum atomic E-state index is -4.77. The molecule has 0 atom stereocenters. The Bertz CT molecular complexity index is 462. The van der Waals surface area contributed by atoms with Crippen molar-refractivity contribution in [2.45, 2.75) is 13.1 Å². The lowest BCUT2D eigenvalue weighted by Gasteiger charge is -2.11. The molecule has 1 aromatic heterocycles. The Balaban J connectivity index is 3.62. The van der Waals surface area contributed by atoms with E-state index in [0.717, 1.165) is 0 Å². The molecule has 0 aliphatic heterocycles. The van der Waals surface area contributed by atoms with E-state index in [1.165, 1.54) is 6.92 Å². The molecule has 0 radical (unpaired) electrons. The van der Waals surface area contributed by atoms with Crippen LogP contribution in [0.25, 0.3) is 0 Å². The summed E-state index contributed by atoms with van der Waals surface area (Å²) in [5, 5.41) is 0. The maximum atomic E-state index is 12.4. The van der Waals surface area contributed by atoms with Gasteiger partial charge in [-0.15, -0.1) is 0 Å². The number of carbonyl (C=O) groups excluding carboxylic acids is 1. The molecule has 1 amide bonds. The van der Waals surface area contributed by atoms with Gasteiger partial charge in [-0.05, 0) is 6.92 Å². The van der Waals surface area contributed by atoms with E-state index in [1.807, 2.05) is 0 Å². The predicted molar refractivity (Wildman–Crippen MR) is 45.3 cm³/mol. The van der Waals surface area contributed by atoms with Crippen LogP contribution < -0.4 is 11.3 Å². The van der Waals surface area contributed by atoms with Gasteiger partial charge in [0.05, 0.1) is 11.1 Å². The number of amides is 1. The van der Waals surface area contributed by atoms with Gasteiger partial charge in [0.2, 0.25) is 5.56 Å². The number of hydrogen-bond donors (Lipinski definition) is 2. The predicted octanol–water partition coefficient (Wildman–Crippen LogP) is 0.801. The Hall–Kier alpha value is -1.79. The Morgan fingerprint density at radius 1 is 1.47 bits per heavy atom. The molecule has 0 bridgehead atoms. The highest BCUT2D eigenvalue weighted by Gasteiger charge is 2.36. The van der Waals surface area contributed by atoms with E-state index in [9.17, 15) is 22.8 Å². The molecule has 7 heteroatoms. The highest BCUT2D eigenvalue weighted by atomic mass is 19.4. The first-order chi connectivity index (χ1) is 6.73. The van der Waals surface area contributed by atoms with E-state index in [1.54, 1.807) is 0 Å². The number of aromatic amines is 1. The molecule has 4 nitrogen and oxygen atoms in total. The normalized spacial score (nSPS) is 11.5. The molecule has 0 saturated heterocycles. The average molecular weight is 220 g/mol. The zero-order chi connectivity index (χ0) is 11.8. The highest BCUT2D eigenvalue weighted by Crippen LogP contribution is 2.31. The van der Waals surface area contributed by atoms with E-state index >= 15 is 0 Å². The molecule has 0 fully saturated rings. The van der Waals surface area contributed by atoms with Crippen molar-refractivity contribution in [1.82, 2.24) is 4.98 Å². The summed E-state index contributed by atoms with van der Waals surface area (Å²) in [6, 6.07) is 0.313. The molecular weight excluding hydrogens is 213 g/mol. The fourth-order valence-electron chi connectivity index (χ4n) is 1.23. The molecule has 82 valence electrons. The van der Waals surface area contributed by atoms with Crippen molar-refractivity contribution in [3.8, 4) is 0 Å². The average Bonchev–Trinajstić information content (AvgIpc) is 1.99. The number of primary amides is 1. The molecule has 0 spiro atoms. The number of aryl methyl sites for hydroxylation is 1. The molecule has 1 aromatic rings. The van der Waals surface area contributed by atoms with E-state index in [2.05, 4.69) is 4.98 Å². The molecule has 0 saturated carbocycles. The van der Waals surface area contributed by atoms with Gasteiger partial charge < -0.3 is 10.7 Å². The molecule has 0 aliphatic rings. The second kappa shape index (κ2) is 3.41. The van der Waals surface area contributed by atoms with Gasteiger partial charge in [-0.1, -0.05) is 0 Å². The van der Waals surface area contributed by atoms with Gasteiger partial charge in [0, 0.05) is 11.8 Å². The van der Waals surface area contributed by atoms with E-state index < -0.39 is 28.8 Å². The summed E-state index contributed by atoms with van der Waals surface area (Å²) in [5.74, 6) is -1.23. The van der Waals surface area contributed by atoms with Crippen LogP contribution in [0.15, 0.2) is 10.9 Å². The quantitative estimate of drug-likeness (QED) is 0.734. The zero-order valence-electron chi connectivity index (χ0n) is 7.61. The van der Waals surface area contributed by atoms with Crippen LogP contribution >= 0.6 is 0 Å². The van der Waals surface area contributed by atoms with E-state index in [0.29, 0.717) is 6.07 Å². The van der Waals surface area contributed by atoms with Gasteiger partial charge in [0.1, 0.15) is 0 Å². The maximum absolute atomic E-state index is 12.4. The zero-order valence-corrected chi connectivity index (χ0v) is 7.61. The van der Waals surface area contributed by atoms with Crippen molar-refractivity contribution in [3.63, 3.8) is 0 Å². The van der Waals surface area contributed by atoms with Crippen molar-refractivity contribution < 1.29 is 18.0 Å². The van der Waals surface area contributed by atoms with Crippen LogP contribution in [0.2, 0.25) is 0 Å². The van der Waals surface area contributed by atoms with E-state index in [4.69, 9.17) is 5.73 Å². The molecule has 0 aliphatic carbocycles. The molecule has 3 N–H and O–H groups in total. The fraction of sp³-hybridized carbons (Fsp3) is 0.250. The van der Waals surface area contributed by atoms with Crippen LogP contribution in [0.4, 0.5) is 13.2 Å². The van der Waals surface area contributed by atoms with Crippen molar-refractivity contribution in [1.29, 1.82) is 0 Å². The minimum Gasteiger partial charge on any atom is -0.366 e. The third-order valence-corrected chi connectivity index (χ3v) is 1.78. The number of aromatic nitrogens is 1. The monoisotopic (exact) mass is 220 g/mol. The largest absolute Gasteiger partial charge is 0.417 e. The van der Waals surface area contributed by atoms with Gasteiger partial charge in [0.15, 0.2) is 0 Å². The summed E-state index contributed by atoms with van der Waals surface area (Å²) in [5.41, 5.74) is 1.67. The van der Waals surface area contributed by atoms with Gasteiger partial charge in [-0.3, -0.25) is 9.59 Å². The van der Waals surface area contributed by atoms with Crippen LogP contribution in [-0.4, -0.2) is 10.9 Å². The summed E-state index contributed by atoms with van der Waals surface area (Å²) in [6.07, 6.45) is -4.77. The van der Waals surface area contributed by atoms with Crippen LogP contribution in [-0.2, 0) is 6.18 Å². The molecule has 0 unspecified atom stereocenters. The highest BCUT2D eigenvalue weighted by molar-refractivity contribution is 5.95. The minimum absolute atomic E-state index is 0.192. The Morgan fingerprint density at radius 2 is 2.00 bits per heavy atom. The Labute approximate surface area is 81.9 Å². The first-order valence-corrected chi connectivity index (χ1v) is 3.84. The number of hydrogen-bond acceptors (Lipinski definition) is 2. The van der Waals surface area contributed by atoms with Gasteiger partial charge >= 0.3 is 6.18 Å². The van der Waals surface area contributed by atoms with Crippen molar-refractivity contribution in [2.75, 3.05) is 0 Å². The van der Waals surface area contributed by atoms with Crippen LogP contribution in [0.5, 0.6) is 0 Å². The topological polar surface area (TPSA) is 75.9 Å². The number of pyridine rings is 1. The number of rotatable bonds is 1. The molecule has 15 heavy (non-hydrogen) atoms. The lowest BCUT2D eigenvalue weighted by molar-refractivity contribution is -0.138. The van der Waals surface area contributed by atoms with Gasteiger partial charge in [-0.25, -0.2) is 0 Å². The van der Waals surface area contributed by atoms with Gasteiger partial charge in [-0.2, -0.15) is 13.2 Å². The van der Waals surface area contributed by atoms with Crippen molar-refractivity contribution in [2.24, 2.45) is 5.73 Å². The lowest BCUT2D eigenvalue weighted by atomic mass is 10.1. The summed E-state index contributed by atoms with van der Waals surface area (Å²) in [6.45, 7) is 1.18. The number of nitrogens with two attached hydrogens (primary N) is 1. The summed E-state index contributed by atoms with van der Waals surface area (Å²) in [4.78, 5) is 23.7. The standard InChI is InChI=1S/C8H7F3N2O2/c1-3-6(7(12)15)4(8(9,10)11)2-5(14)13-3/h2H,1H3,(H2,12,15)(H,13,14). The van der Waals surface area contributed by atoms with E-state index in [-0.39, 0.29) is 5.69 Å². The number of carbonyl (C=O) groups is 1. The van der Waals surface area contributed by atoms with Crippen LogP contribution in [0.1, 0.15) is 21.6 Å². The third kappa shape index (κ3) is 2.17. The summed E-state index contributed by atoms with van der Waals surface area (Å²) in [7, 11) is 0. The summed E-state index contributed by atoms with van der Waals surface area (Å²) < 4.78 is 37.2. The van der Waals surface area contributed by atoms with Crippen LogP contribution in [0.3, 0.4) is 0 Å². The first kappa shape index (κ1) is 11.3. The van der Waals surface area contributed by atoms with Gasteiger partial charge in [0.25, 0.3) is 5.91 Å². The SMILES string of the molecule is Cc1[nH]c(=O)cc(C(F)(F)F)c1C(N)=O. The molecule has 0 aromatic carbocycles. The third-order valence-electron chi connectivity index (χ3n) is 1.78.